The molecule has 1 unspecified atom stereocenters. The summed E-state index contributed by atoms with van der Waals surface area (Å²) in [6, 6.07) is 5.42. The fraction of sp³-hybridized carbons (Fsp3) is 0.300. The molecule has 1 atom stereocenters. The van der Waals surface area contributed by atoms with Gasteiger partial charge in [0.2, 0.25) is 0 Å². The minimum absolute atomic E-state index is 0.439. The van der Waals surface area contributed by atoms with E-state index in [9.17, 15) is 5.11 Å². The number of hydrogen-bond acceptors (Lipinski definition) is 3. The molecule has 0 amide bonds. The molecule has 0 aromatic heterocycles. The van der Waals surface area contributed by atoms with Crippen molar-refractivity contribution < 1.29 is 5.11 Å². The molecule has 0 bridgehead atoms. The number of hydrogen-bond donors (Lipinski definition) is 2. The summed E-state index contributed by atoms with van der Waals surface area (Å²) in [7, 11) is 0. The highest BCUT2D eigenvalue weighted by molar-refractivity contribution is 5.58. The fourth-order valence-electron chi connectivity index (χ4n) is 1.80. The summed E-state index contributed by atoms with van der Waals surface area (Å²) in [6.07, 6.45) is 1.09. The highest BCUT2D eigenvalue weighted by atomic mass is 16.3. The first kappa shape index (κ1) is 8.09. The molecule has 2 rings (SSSR count). The monoisotopic (exact) mass is 174 g/mol. The second-order valence-electron chi connectivity index (χ2n) is 3.30. The van der Waals surface area contributed by atoms with Crippen LogP contribution in [0.3, 0.4) is 0 Å². The Morgan fingerprint density at radius 2 is 2.31 bits per heavy atom. The molecule has 3 heteroatoms. The van der Waals surface area contributed by atoms with Crippen molar-refractivity contribution in [3.8, 4) is 6.07 Å². The molecule has 1 aromatic carbocycles. The predicted molar refractivity (Wildman–Crippen MR) is 48.9 cm³/mol. The van der Waals surface area contributed by atoms with Crippen molar-refractivity contribution in [3.63, 3.8) is 0 Å². The van der Waals surface area contributed by atoms with Gasteiger partial charge in [0.1, 0.15) is 0 Å². The van der Waals surface area contributed by atoms with Crippen LogP contribution in [-0.2, 0) is 6.42 Å². The third-order valence-corrected chi connectivity index (χ3v) is 2.47. The standard InChI is InChI=1S/C10H10N2O/c11-5-6-3-8-7(9(12)4-6)1-2-10(8)13/h3-4,10,13H,1-2,12H2. The summed E-state index contributed by atoms with van der Waals surface area (Å²) < 4.78 is 0. The molecule has 13 heavy (non-hydrogen) atoms. The first-order chi connectivity index (χ1) is 6.22. The van der Waals surface area contributed by atoms with Gasteiger partial charge < -0.3 is 10.8 Å². The van der Waals surface area contributed by atoms with Crippen molar-refractivity contribution in [1.82, 2.24) is 0 Å². The maximum Gasteiger partial charge on any atom is 0.0992 e. The van der Waals surface area contributed by atoms with Crippen LogP contribution in [-0.4, -0.2) is 5.11 Å². The zero-order valence-electron chi connectivity index (χ0n) is 7.12. The van der Waals surface area contributed by atoms with Gasteiger partial charge in [-0.2, -0.15) is 5.26 Å². The molecule has 0 saturated carbocycles. The quantitative estimate of drug-likeness (QED) is 0.579. The van der Waals surface area contributed by atoms with E-state index in [4.69, 9.17) is 11.0 Å². The number of benzene rings is 1. The van der Waals surface area contributed by atoms with E-state index in [1.165, 1.54) is 0 Å². The highest BCUT2D eigenvalue weighted by Crippen LogP contribution is 2.35. The first-order valence-electron chi connectivity index (χ1n) is 4.23. The summed E-state index contributed by atoms with van der Waals surface area (Å²) >= 11 is 0. The molecule has 1 aliphatic carbocycles. The van der Waals surface area contributed by atoms with Gasteiger partial charge in [0.15, 0.2) is 0 Å². The average Bonchev–Trinajstić information content (AvgIpc) is 2.48. The minimum atomic E-state index is -0.439. The van der Waals surface area contributed by atoms with E-state index in [2.05, 4.69) is 0 Å². The summed E-state index contributed by atoms with van der Waals surface area (Å²) in [5.41, 5.74) is 8.74. The van der Waals surface area contributed by atoms with Gasteiger partial charge in [0.05, 0.1) is 17.7 Å². The number of aliphatic hydroxyl groups is 1. The predicted octanol–water partition coefficient (Wildman–Crippen LogP) is 1.12. The van der Waals surface area contributed by atoms with E-state index < -0.39 is 6.10 Å². The first-order valence-corrected chi connectivity index (χ1v) is 4.23. The Balaban J connectivity index is 2.61. The van der Waals surface area contributed by atoms with Crippen LogP contribution >= 0.6 is 0 Å². The van der Waals surface area contributed by atoms with Crippen LogP contribution in [0.25, 0.3) is 0 Å². The van der Waals surface area contributed by atoms with Crippen LogP contribution in [0, 0.1) is 11.3 Å². The minimum Gasteiger partial charge on any atom is -0.398 e. The van der Waals surface area contributed by atoms with E-state index in [1.807, 2.05) is 6.07 Å². The molecule has 3 nitrogen and oxygen atoms in total. The van der Waals surface area contributed by atoms with E-state index in [-0.39, 0.29) is 0 Å². The summed E-state index contributed by atoms with van der Waals surface area (Å²) in [5.74, 6) is 0. The lowest BCUT2D eigenvalue weighted by Gasteiger charge is -2.06. The maximum atomic E-state index is 9.56. The van der Waals surface area contributed by atoms with E-state index in [1.54, 1.807) is 12.1 Å². The number of anilines is 1. The molecule has 1 aromatic rings. The second-order valence-corrected chi connectivity index (χ2v) is 3.30. The lowest BCUT2D eigenvalue weighted by molar-refractivity contribution is 0.180. The average molecular weight is 174 g/mol. The normalized spacial score (nSPS) is 19.5. The topological polar surface area (TPSA) is 70.0 Å². The van der Waals surface area contributed by atoms with Crippen LogP contribution in [0.4, 0.5) is 5.69 Å². The van der Waals surface area contributed by atoms with E-state index in [0.29, 0.717) is 17.7 Å². The molecular formula is C10H10N2O. The number of rotatable bonds is 0. The molecule has 0 fully saturated rings. The zero-order valence-corrected chi connectivity index (χ0v) is 7.12. The van der Waals surface area contributed by atoms with Gasteiger partial charge in [-0.3, -0.25) is 0 Å². The van der Waals surface area contributed by atoms with Crippen LogP contribution in [0.2, 0.25) is 0 Å². The van der Waals surface area contributed by atoms with Crippen molar-refractivity contribution in [2.24, 2.45) is 0 Å². The van der Waals surface area contributed by atoms with Gasteiger partial charge in [0.25, 0.3) is 0 Å². The Hall–Kier alpha value is -1.53. The Morgan fingerprint density at radius 3 is 3.00 bits per heavy atom. The molecular weight excluding hydrogens is 164 g/mol. The SMILES string of the molecule is N#Cc1cc(N)c2c(c1)C(O)CC2. The van der Waals surface area contributed by atoms with Crippen molar-refractivity contribution in [3.05, 3.63) is 28.8 Å². The van der Waals surface area contributed by atoms with Gasteiger partial charge in [-0.15, -0.1) is 0 Å². The lowest BCUT2D eigenvalue weighted by atomic mass is 10.0. The van der Waals surface area contributed by atoms with Crippen molar-refractivity contribution >= 4 is 5.69 Å². The summed E-state index contributed by atoms with van der Waals surface area (Å²) in [5, 5.41) is 18.3. The molecule has 0 radical (unpaired) electrons. The molecule has 66 valence electrons. The maximum absolute atomic E-state index is 9.56. The third-order valence-electron chi connectivity index (χ3n) is 2.47. The van der Waals surface area contributed by atoms with Crippen LogP contribution in [0.1, 0.15) is 29.2 Å². The number of nitrogens with two attached hydrogens (primary N) is 1. The summed E-state index contributed by atoms with van der Waals surface area (Å²) in [6.45, 7) is 0. The van der Waals surface area contributed by atoms with E-state index in [0.717, 1.165) is 17.5 Å². The molecule has 3 N–H and O–H groups in total. The summed E-state index contributed by atoms with van der Waals surface area (Å²) in [4.78, 5) is 0. The Labute approximate surface area is 76.4 Å². The Kier molecular flexibility index (Phi) is 1.71. The molecule has 0 aliphatic heterocycles. The highest BCUT2D eigenvalue weighted by Gasteiger charge is 2.22. The van der Waals surface area contributed by atoms with Crippen LogP contribution < -0.4 is 5.73 Å². The smallest absolute Gasteiger partial charge is 0.0992 e. The van der Waals surface area contributed by atoms with Gasteiger partial charge in [-0.1, -0.05) is 0 Å². The number of nitriles is 1. The largest absolute Gasteiger partial charge is 0.398 e. The Bertz CT molecular complexity index is 393. The van der Waals surface area contributed by atoms with Gasteiger partial charge in [-0.05, 0) is 36.1 Å². The van der Waals surface area contributed by atoms with Gasteiger partial charge >= 0.3 is 0 Å². The van der Waals surface area contributed by atoms with E-state index >= 15 is 0 Å². The van der Waals surface area contributed by atoms with Crippen LogP contribution in [0.15, 0.2) is 12.1 Å². The zero-order chi connectivity index (χ0) is 9.42. The van der Waals surface area contributed by atoms with Gasteiger partial charge in [0, 0.05) is 5.69 Å². The van der Waals surface area contributed by atoms with Crippen molar-refractivity contribution in [2.45, 2.75) is 18.9 Å². The Morgan fingerprint density at radius 1 is 1.54 bits per heavy atom. The van der Waals surface area contributed by atoms with Crippen molar-refractivity contribution in [2.75, 3.05) is 5.73 Å². The van der Waals surface area contributed by atoms with Gasteiger partial charge in [-0.25, -0.2) is 0 Å². The lowest BCUT2D eigenvalue weighted by Crippen LogP contribution is -1.96. The third kappa shape index (κ3) is 1.16. The molecule has 1 aliphatic rings. The molecule has 0 saturated heterocycles. The number of nitrogen functional groups attached to an aromatic ring is 1. The van der Waals surface area contributed by atoms with Crippen molar-refractivity contribution in [1.29, 1.82) is 5.26 Å². The number of fused-ring (bicyclic) bond motifs is 1. The van der Waals surface area contributed by atoms with Crippen LogP contribution in [0.5, 0.6) is 0 Å². The molecule has 0 heterocycles. The number of aliphatic hydroxyl groups excluding tert-OH is 1. The second kappa shape index (κ2) is 2.75. The molecule has 0 spiro atoms. The number of nitrogens with zero attached hydrogens (tertiary/aromatic N) is 1. The fourth-order valence-corrected chi connectivity index (χ4v) is 1.80.